The molecule has 0 radical (unpaired) electrons. The standard InChI is InChI=1S/C16H26N2O/c1-3-18(16(13-17)10-4-5-11-16)12-14-6-8-15(19-2)9-7-14/h6-9H,3-5,10-13,17H2,1-2H3. The predicted molar refractivity (Wildman–Crippen MR) is 79.3 cm³/mol. The molecule has 19 heavy (non-hydrogen) atoms. The number of methoxy groups -OCH3 is 1. The molecule has 0 saturated heterocycles. The minimum atomic E-state index is 0.231. The van der Waals surface area contributed by atoms with Gasteiger partial charge in [-0.3, -0.25) is 4.90 Å². The van der Waals surface area contributed by atoms with E-state index in [0.717, 1.165) is 25.4 Å². The molecule has 0 aliphatic heterocycles. The summed E-state index contributed by atoms with van der Waals surface area (Å²) in [6.45, 7) is 5.05. The van der Waals surface area contributed by atoms with Crippen molar-refractivity contribution in [3.63, 3.8) is 0 Å². The Balaban J connectivity index is 2.09. The van der Waals surface area contributed by atoms with Crippen molar-refractivity contribution in [1.29, 1.82) is 0 Å². The molecule has 0 unspecified atom stereocenters. The van der Waals surface area contributed by atoms with Crippen molar-refractivity contribution < 1.29 is 4.74 Å². The predicted octanol–water partition coefficient (Wildman–Crippen LogP) is 2.79. The van der Waals surface area contributed by atoms with Crippen molar-refractivity contribution in [2.75, 3.05) is 20.2 Å². The highest BCUT2D eigenvalue weighted by molar-refractivity contribution is 5.27. The number of hydrogen-bond donors (Lipinski definition) is 1. The zero-order valence-electron chi connectivity index (χ0n) is 12.2. The summed E-state index contributed by atoms with van der Waals surface area (Å²) in [5.41, 5.74) is 7.65. The Morgan fingerprint density at radius 3 is 2.32 bits per heavy atom. The van der Waals surface area contributed by atoms with Crippen molar-refractivity contribution in [1.82, 2.24) is 4.90 Å². The second-order valence-corrected chi connectivity index (χ2v) is 5.50. The van der Waals surface area contributed by atoms with E-state index in [1.165, 1.54) is 31.2 Å². The fourth-order valence-corrected chi connectivity index (χ4v) is 3.25. The van der Waals surface area contributed by atoms with Gasteiger partial charge >= 0.3 is 0 Å². The molecule has 0 atom stereocenters. The maximum absolute atomic E-state index is 6.08. The Morgan fingerprint density at radius 1 is 1.21 bits per heavy atom. The molecule has 106 valence electrons. The average Bonchev–Trinajstić information content (AvgIpc) is 2.95. The molecule has 1 fully saturated rings. The van der Waals surface area contributed by atoms with Crippen LogP contribution in [0.4, 0.5) is 0 Å². The molecule has 3 heteroatoms. The highest BCUT2D eigenvalue weighted by Crippen LogP contribution is 2.35. The lowest BCUT2D eigenvalue weighted by Gasteiger charge is -2.40. The molecule has 0 heterocycles. The van der Waals surface area contributed by atoms with E-state index >= 15 is 0 Å². The van der Waals surface area contributed by atoms with Crippen molar-refractivity contribution in [3.8, 4) is 5.75 Å². The van der Waals surface area contributed by atoms with E-state index in [0.29, 0.717) is 0 Å². The van der Waals surface area contributed by atoms with Crippen LogP contribution in [-0.2, 0) is 6.54 Å². The lowest BCUT2D eigenvalue weighted by Crippen LogP contribution is -2.51. The molecule has 3 nitrogen and oxygen atoms in total. The van der Waals surface area contributed by atoms with Crippen molar-refractivity contribution in [2.24, 2.45) is 5.73 Å². The monoisotopic (exact) mass is 262 g/mol. The minimum Gasteiger partial charge on any atom is -0.497 e. The van der Waals surface area contributed by atoms with Gasteiger partial charge in [0.1, 0.15) is 5.75 Å². The summed E-state index contributed by atoms with van der Waals surface area (Å²) >= 11 is 0. The molecule has 2 N–H and O–H groups in total. The van der Waals surface area contributed by atoms with E-state index < -0.39 is 0 Å². The van der Waals surface area contributed by atoms with Crippen molar-refractivity contribution >= 4 is 0 Å². The molecular weight excluding hydrogens is 236 g/mol. The average molecular weight is 262 g/mol. The van der Waals surface area contributed by atoms with Crippen LogP contribution in [0, 0.1) is 0 Å². The number of hydrogen-bond acceptors (Lipinski definition) is 3. The van der Waals surface area contributed by atoms with Gasteiger partial charge in [-0.15, -0.1) is 0 Å². The highest BCUT2D eigenvalue weighted by atomic mass is 16.5. The van der Waals surface area contributed by atoms with E-state index in [4.69, 9.17) is 10.5 Å². The van der Waals surface area contributed by atoms with Crippen LogP contribution >= 0.6 is 0 Å². The van der Waals surface area contributed by atoms with Crippen LogP contribution in [0.25, 0.3) is 0 Å². The number of likely N-dealkylation sites (N-methyl/N-ethyl adjacent to an activating group) is 1. The summed E-state index contributed by atoms with van der Waals surface area (Å²) in [7, 11) is 1.70. The van der Waals surface area contributed by atoms with Gasteiger partial charge < -0.3 is 10.5 Å². The summed E-state index contributed by atoms with van der Waals surface area (Å²) in [5, 5.41) is 0. The van der Waals surface area contributed by atoms with E-state index in [9.17, 15) is 0 Å². The first-order valence-electron chi connectivity index (χ1n) is 7.32. The Labute approximate surface area is 116 Å². The number of nitrogens with two attached hydrogens (primary N) is 1. The quantitative estimate of drug-likeness (QED) is 0.856. The lowest BCUT2D eigenvalue weighted by molar-refractivity contribution is 0.0971. The molecule has 0 aromatic heterocycles. The molecule has 2 rings (SSSR count). The van der Waals surface area contributed by atoms with Gasteiger partial charge in [0.25, 0.3) is 0 Å². The Kier molecular flexibility index (Phi) is 4.83. The summed E-state index contributed by atoms with van der Waals surface area (Å²) in [5.74, 6) is 0.918. The van der Waals surface area contributed by atoms with Gasteiger partial charge in [0.15, 0.2) is 0 Å². The highest BCUT2D eigenvalue weighted by Gasteiger charge is 2.37. The first-order chi connectivity index (χ1) is 9.24. The fraction of sp³-hybridized carbons (Fsp3) is 0.625. The van der Waals surface area contributed by atoms with Crippen LogP contribution in [0.2, 0.25) is 0 Å². The molecule has 1 aromatic carbocycles. The topological polar surface area (TPSA) is 38.5 Å². The Hall–Kier alpha value is -1.06. The second kappa shape index (κ2) is 6.40. The maximum atomic E-state index is 6.08. The zero-order chi connectivity index (χ0) is 13.7. The van der Waals surface area contributed by atoms with Gasteiger partial charge in [-0.1, -0.05) is 31.9 Å². The van der Waals surface area contributed by atoms with Gasteiger partial charge in [0.2, 0.25) is 0 Å². The summed E-state index contributed by atoms with van der Waals surface area (Å²) in [6, 6.07) is 8.38. The van der Waals surface area contributed by atoms with Crippen LogP contribution in [-0.4, -0.2) is 30.6 Å². The smallest absolute Gasteiger partial charge is 0.118 e. The number of ether oxygens (including phenoxy) is 1. The van der Waals surface area contributed by atoms with Crippen LogP contribution < -0.4 is 10.5 Å². The SMILES string of the molecule is CCN(Cc1ccc(OC)cc1)C1(CN)CCCC1. The molecular formula is C16H26N2O. The molecule has 1 aromatic rings. The third-order valence-corrected chi connectivity index (χ3v) is 4.50. The third kappa shape index (κ3) is 3.10. The number of benzene rings is 1. The normalized spacial score (nSPS) is 17.9. The summed E-state index contributed by atoms with van der Waals surface area (Å²) in [4.78, 5) is 2.56. The first-order valence-corrected chi connectivity index (χ1v) is 7.32. The molecule has 0 amide bonds. The van der Waals surface area contributed by atoms with Gasteiger partial charge in [-0.25, -0.2) is 0 Å². The van der Waals surface area contributed by atoms with Gasteiger partial charge in [0, 0.05) is 18.6 Å². The van der Waals surface area contributed by atoms with E-state index in [1.807, 2.05) is 12.1 Å². The summed E-state index contributed by atoms with van der Waals surface area (Å²) < 4.78 is 5.21. The largest absolute Gasteiger partial charge is 0.497 e. The van der Waals surface area contributed by atoms with Crippen molar-refractivity contribution in [2.45, 2.75) is 44.7 Å². The summed E-state index contributed by atoms with van der Waals surface area (Å²) in [6.07, 6.45) is 5.12. The van der Waals surface area contributed by atoms with Crippen LogP contribution in [0.1, 0.15) is 38.2 Å². The number of rotatable bonds is 6. The molecule has 0 spiro atoms. The maximum Gasteiger partial charge on any atom is 0.118 e. The van der Waals surface area contributed by atoms with Gasteiger partial charge in [-0.05, 0) is 37.1 Å². The fourth-order valence-electron chi connectivity index (χ4n) is 3.25. The molecule has 1 aliphatic rings. The van der Waals surface area contributed by atoms with E-state index in [1.54, 1.807) is 7.11 Å². The van der Waals surface area contributed by atoms with E-state index in [-0.39, 0.29) is 5.54 Å². The van der Waals surface area contributed by atoms with Crippen LogP contribution in [0.5, 0.6) is 5.75 Å². The lowest BCUT2D eigenvalue weighted by atomic mass is 9.94. The third-order valence-electron chi connectivity index (χ3n) is 4.50. The molecule has 0 bridgehead atoms. The molecule has 1 saturated carbocycles. The minimum absolute atomic E-state index is 0.231. The Bertz CT molecular complexity index is 382. The van der Waals surface area contributed by atoms with Crippen LogP contribution in [0.3, 0.4) is 0 Å². The van der Waals surface area contributed by atoms with Gasteiger partial charge in [0.05, 0.1) is 7.11 Å². The van der Waals surface area contributed by atoms with Gasteiger partial charge in [-0.2, -0.15) is 0 Å². The second-order valence-electron chi connectivity index (χ2n) is 5.50. The van der Waals surface area contributed by atoms with Crippen LogP contribution in [0.15, 0.2) is 24.3 Å². The zero-order valence-corrected chi connectivity index (χ0v) is 12.2. The number of nitrogens with zero attached hydrogens (tertiary/aromatic N) is 1. The molecule has 1 aliphatic carbocycles. The first kappa shape index (κ1) is 14.4. The van der Waals surface area contributed by atoms with Crippen molar-refractivity contribution in [3.05, 3.63) is 29.8 Å². The Morgan fingerprint density at radius 2 is 1.84 bits per heavy atom. The van der Waals surface area contributed by atoms with E-state index in [2.05, 4.69) is 24.0 Å².